The number of carboxylic acids is 1. The maximum absolute atomic E-state index is 12.0. The van der Waals surface area contributed by atoms with Gasteiger partial charge in [0, 0.05) is 18.8 Å². The number of carboxylic acid groups (broad SMARTS) is 1. The van der Waals surface area contributed by atoms with E-state index in [-0.39, 0.29) is 11.6 Å². The van der Waals surface area contributed by atoms with Crippen LogP contribution < -0.4 is 5.32 Å². The third-order valence-electron chi connectivity index (χ3n) is 3.43. The summed E-state index contributed by atoms with van der Waals surface area (Å²) in [5, 5.41) is 11.8. The molecule has 1 saturated heterocycles. The molecular formula is C14H18N2O3. The van der Waals surface area contributed by atoms with E-state index in [2.05, 4.69) is 12.2 Å². The third kappa shape index (κ3) is 3.05. The summed E-state index contributed by atoms with van der Waals surface area (Å²) in [5.74, 6) is -0.457. The zero-order chi connectivity index (χ0) is 14.0. The zero-order valence-corrected chi connectivity index (χ0v) is 11.1. The SMILES string of the molecule is Cc1ccc(NC(=O)N2CCC(C)C2)cc1C(=O)O. The second kappa shape index (κ2) is 5.30. The molecule has 1 aromatic carbocycles. The molecule has 2 rings (SSSR count). The number of nitrogens with zero attached hydrogens (tertiary/aromatic N) is 1. The topological polar surface area (TPSA) is 69.6 Å². The van der Waals surface area contributed by atoms with Gasteiger partial charge in [0.25, 0.3) is 0 Å². The number of urea groups is 1. The minimum atomic E-state index is -0.983. The number of likely N-dealkylation sites (tertiary alicyclic amines) is 1. The molecule has 0 radical (unpaired) electrons. The molecule has 1 heterocycles. The molecule has 0 saturated carbocycles. The molecule has 0 aliphatic carbocycles. The monoisotopic (exact) mass is 262 g/mol. The number of aryl methyl sites for hydroxylation is 1. The summed E-state index contributed by atoms with van der Waals surface area (Å²) in [7, 11) is 0. The van der Waals surface area contributed by atoms with E-state index in [4.69, 9.17) is 5.11 Å². The van der Waals surface area contributed by atoms with Gasteiger partial charge in [-0.1, -0.05) is 13.0 Å². The van der Waals surface area contributed by atoms with Crippen LogP contribution in [0.4, 0.5) is 10.5 Å². The number of hydrogen-bond acceptors (Lipinski definition) is 2. The molecule has 0 bridgehead atoms. The molecule has 1 fully saturated rings. The number of anilines is 1. The Labute approximate surface area is 112 Å². The molecule has 1 unspecified atom stereocenters. The highest BCUT2D eigenvalue weighted by molar-refractivity contribution is 5.94. The van der Waals surface area contributed by atoms with E-state index in [1.165, 1.54) is 6.07 Å². The fourth-order valence-corrected chi connectivity index (χ4v) is 2.25. The van der Waals surface area contributed by atoms with Crippen LogP contribution in [0.3, 0.4) is 0 Å². The second-order valence-electron chi connectivity index (χ2n) is 5.10. The fraction of sp³-hybridized carbons (Fsp3) is 0.429. The number of aromatic carboxylic acids is 1. The van der Waals surface area contributed by atoms with Gasteiger partial charge >= 0.3 is 12.0 Å². The summed E-state index contributed by atoms with van der Waals surface area (Å²) in [6, 6.07) is 4.75. The van der Waals surface area contributed by atoms with Crippen LogP contribution in [-0.2, 0) is 0 Å². The van der Waals surface area contributed by atoms with Gasteiger partial charge in [0.05, 0.1) is 5.56 Å². The maximum atomic E-state index is 12.0. The summed E-state index contributed by atoms with van der Waals surface area (Å²) in [6.45, 7) is 5.35. The van der Waals surface area contributed by atoms with Gasteiger partial charge in [-0.05, 0) is 37.0 Å². The highest BCUT2D eigenvalue weighted by atomic mass is 16.4. The van der Waals surface area contributed by atoms with Crippen molar-refractivity contribution in [1.82, 2.24) is 4.90 Å². The lowest BCUT2D eigenvalue weighted by molar-refractivity contribution is 0.0696. The first-order chi connectivity index (χ1) is 8.97. The number of benzene rings is 1. The number of rotatable bonds is 2. The van der Waals surface area contributed by atoms with Crippen molar-refractivity contribution in [1.29, 1.82) is 0 Å². The molecule has 1 aliphatic rings. The van der Waals surface area contributed by atoms with E-state index in [1.54, 1.807) is 24.0 Å². The van der Waals surface area contributed by atoms with Gasteiger partial charge < -0.3 is 15.3 Å². The summed E-state index contributed by atoms with van der Waals surface area (Å²) >= 11 is 0. The zero-order valence-electron chi connectivity index (χ0n) is 11.1. The molecule has 2 amide bonds. The largest absolute Gasteiger partial charge is 0.478 e. The van der Waals surface area contributed by atoms with Crippen LogP contribution in [0.2, 0.25) is 0 Å². The predicted molar refractivity (Wildman–Crippen MR) is 72.5 cm³/mol. The average molecular weight is 262 g/mol. The summed E-state index contributed by atoms with van der Waals surface area (Å²) < 4.78 is 0. The Morgan fingerprint density at radius 2 is 2.16 bits per heavy atom. The molecule has 0 aromatic heterocycles. The number of carbonyl (C=O) groups excluding carboxylic acids is 1. The van der Waals surface area contributed by atoms with Gasteiger partial charge in [-0.25, -0.2) is 9.59 Å². The van der Waals surface area contributed by atoms with Crippen molar-refractivity contribution in [3.8, 4) is 0 Å². The first-order valence-corrected chi connectivity index (χ1v) is 6.37. The lowest BCUT2D eigenvalue weighted by atomic mass is 10.1. The molecule has 5 heteroatoms. The van der Waals surface area contributed by atoms with Crippen LogP contribution >= 0.6 is 0 Å². The minimum absolute atomic E-state index is 0.162. The van der Waals surface area contributed by atoms with Crippen molar-refractivity contribution in [2.24, 2.45) is 5.92 Å². The van der Waals surface area contributed by atoms with E-state index in [0.29, 0.717) is 17.2 Å². The third-order valence-corrected chi connectivity index (χ3v) is 3.43. The smallest absolute Gasteiger partial charge is 0.336 e. The van der Waals surface area contributed by atoms with Crippen molar-refractivity contribution >= 4 is 17.7 Å². The Bertz CT molecular complexity index is 513. The van der Waals surface area contributed by atoms with Crippen molar-refractivity contribution in [2.45, 2.75) is 20.3 Å². The van der Waals surface area contributed by atoms with Crippen molar-refractivity contribution in [3.05, 3.63) is 29.3 Å². The highest BCUT2D eigenvalue weighted by Gasteiger charge is 2.23. The number of carbonyl (C=O) groups is 2. The Kier molecular flexibility index (Phi) is 3.74. The lowest BCUT2D eigenvalue weighted by Gasteiger charge is -2.17. The number of amides is 2. The maximum Gasteiger partial charge on any atom is 0.336 e. The average Bonchev–Trinajstić information content (AvgIpc) is 2.78. The highest BCUT2D eigenvalue weighted by Crippen LogP contribution is 2.19. The van der Waals surface area contributed by atoms with E-state index in [1.807, 2.05) is 0 Å². The van der Waals surface area contributed by atoms with Crippen molar-refractivity contribution < 1.29 is 14.7 Å². The molecule has 1 aliphatic heterocycles. The molecule has 2 N–H and O–H groups in total. The number of hydrogen-bond donors (Lipinski definition) is 2. The molecule has 102 valence electrons. The molecule has 5 nitrogen and oxygen atoms in total. The van der Waals surface area contributed by atoms with Gasteiger partial charge in [-0.3, -0.25) is 0 Å². The Morgan fingerprint density at radius 3 is 2.74 bits per heavy atom. The van der Waals surface area contributed by atoms with Gasteiger partial charge in [0.15, 0.2) is 0 Å². The first-order valence-electron chi connectivity index (χ1n) is 6.37. The van der Waals surface area contributed by atoms with E-state index in [0.717, 1.165) is 19.5 Å². The van der Waals surface area contributed by atoms with Crippen LogP contribution in [-0.4, -0.2) is 35.1 Å². The normalized spacial score (nSPS) is 18.4. The Morgan fingerprint density at radius 1 is 1.42 bits per heavy atom. The first kappa shape index (κ1) is 13.4. The molecule has 1 atom stereocenters. The van der Waals surface area contributed by atoms with Crippen LogP contribution in [0, 0.1) is 12.8 Å². The standard InChI is InChI=1S/C14H18N2O3/c1-9-5-6-16(8-9)14(19)15-11-4-3-10(2)12(7-11)13(17)18/h3-4,7,9H,5-6,8H2,1-2H3,(H,15,19)(H,17,18). The molecular weight excluding hydrogens is 244 g/mol. The molecule has 0 spiro atoms. The van der Waals surface area contributed by atoms with Gasteiger partial charge in [-0.2, -0.15) is 0 Å². The van der Waals surface area contributed by atoms with E-state index in [9.17, 15) is 9.59 Å². The quantitative estimate of drug-likeness (QED) is 0.860. The van der Waals surface area contributed by atoms with Crippen LogP contribution in [0.15, 0.2) is 18.2 Å². The minimum Gasteiger partial charge on any atom is -0.478 e. The lowest BCUT2D eigenvalue weighted by Crippen LogP contribution is -2.32. The summed E-state index contributed by atoms with van der Waals surface area (Å²) in [4.78, 5) is 24.8. The fourth-order valence-electron chi connectivity index (χ4n) is 2.25. The van der Waals surface area contributed by atoms with E-state index >= 15 is 0 Å². The van der Waals surface area contributed by atoms with Crippen LogP contribution in [0.1, 0.15) is 29.3 Å². The predicted octanol–water partition coefficient (Wildman–Crippen LogP) is 2.57. The molecule has 1 aromatic rings. The van der Waals surface area contributed by atoms with Gasteiger partial charge in [0.1, 0.15) is 0 Å². The molecule has 19 heavy (non-hydrogen) atoms. The van der Waals surface area contributed by atoms with Gasteiger partial charge in [-0.15, -0.1) is 0 Å². The van der Waals surface area contributed by atoms with Crippen LogP contribution in [0.25, 0.3) is 0 Å². The number of nitrogens with one attached hydrogen (secondary N) is 1. The van der Waals surface area contributed by atoms with Crippen LogP contribution in [0.5, 0.6) is 0 Å². The van der Waals surface area contributed by atoms with Crippen molar-refractivity contribution in [3.63, 3.8) is 0 Å². The second-order valence-corrected chi connectivity index (χ2v) is 5.10. The summed E-state index contributed by atoms with van der Waals surface area (Å²) in [6.07, 6.45) is 1.02. The van der Waals surface area contributed by atoms with E-state index < -0.39 is 5.97 Å². The van der Waals surface area contributed by atoms with Gasteiger partial charge in [0.2, 0.25) is 0 Å². The Hall–Kier alpha value is -2.04. The summed E-state index contributed by atoms with van der Waals surface area (Å²) in [5.41, 5.74) is 1.42. The Balaban J connectivity index is 2.09. The van der Waals surface area contributed by atoms with Crippen molar-refractivity contribution in [2.75, 3.05) is 18.4 Å².